The van der Waals surface area contributed by atoms with Gasteiger partial charge in [-0.05, 0) is 25.0 Å². The van der Waals surface area contributed by atoms with E-state index in [2.05, 4.69) is 5.32 Å². The molecule has 130 valence electrons. The number of hydrogen-bond donors (Lipinski definition) is 1. The van der Waals surface area contributed by atoms with E-state index in [1.54, 1.807) is 0 Å². The number of imide groups is 1. The van der Waals surface area contributed by atoms with Crippen LogP contribution in [0.5, 0.6) is 0 Å². The van der Waals surface area contributed by atoms with Gasteiger partial charge in [-0.25, -0.2) is 0 Å². The van der Waals surface area contributed by atoms with Crippen molar-refractivity contribution in [2.45, 2.75) is 50.2 Å². The van der Waals surface area contributed by atoms with Crippen LogP contribution in [0.2, 0.25) is 0 Å². The molecule has 3 amide bonds. The van der Waals surface area contributed by atoms with Gasteiger partial charge < -0.3 is 15.2 Å². The van der Waals surface area contributed by atoms with E-state index < -0.39 is 5.97 Å². The third-order valence-corrected chi connectivity index (χ3v) is 4.93. The lowest BCUT2D eigenvalue weighted by Crippen LogP contribution is -2.34. The van der Waals surface area contributed by atoms with E-state index in [1.807, 2.05) is 0 Å². The molecule has 1 rings (SSSR count). The van der Waals surface area contributed by atoms with E-state index in [9.17, 15) is 24.3 Å². The molecule has 0 bridgehead atoms. The summed E-state index contributed by atoms with van der Waals surface area (Å²) in [7, 11) is 1.52. The SMILES string of the molecule is CNC(=O)CCN1C(=O)CC(SCCCCCCC(=O)[O-])C1=O. The van der Waals surface area contributed by atoms with Gasteiger partial charge in [0.2, 0.25) is 17.7 Å². The zero-order valence-corrected chi connectivity index (χ0v) is 14.2. The molecule has 0 aliphatic carbocycles. The normalized spacial score (nSPS) is 17.6. The lowest BCUT2D eigenvalue weighted by molar-refractivity contribution is -0.305. The standard InChI is InChI=1S/C15H24N2O5S/c1-16-12(18)7-8-17-13(19)10-11(15(17)22)23-9-5-3-2-4-6-14(20)21/h11H,2-10H2,1H3,(H,16,18)(H,20,21)/p-1. The van der Waals surface area contributed by atoms with Crippen molar-refractivity contribution in [3.8, 4) is 0 Å². The molecule has 1 fully saturated rings. The second-order valence-corrected chi connectivity index (χ2v) is 6.72. The number of unbranched alkanes of at least 4 members (excludes halogenated alkanes) is 3. The van der Waals surface area contributed by atoms with Crippen LogP contribution in [0.15, 0.2) is 0 Å². The molecule has 1 saturated heterocycles. The highest BCUT2D eigenvalue weighted by atomic mass is 32.2. The van der Waals surface area contributed by atoms with Crippen molar-refractivity contribution >= 4 is 35.5 Å². The molecule has 0 aromatic carbocycles. The van der Waals surface area contributed by atoms with Crippen LogP contribution in [0.4, 0.5) is 0 Å². The molecule has 7 nitrogen and oxygen atoms in total. The molecule has 0 spiro atoms. The second kappa shape index (κ2) is 10.3. The fourth-order valence-electron chi connectivity index (χ4n) is 2.31. The first-order valence-corrected chi connectivity index (χ1v) is 8.86. The molecule has 23 heavy (non-hydrogen) atoms. The van der Waals surface area contributed by atoms with Gasteiger partial charge >= 0.3 is 0 Å². The number of aliphatic carboxylic acids is 1. The lowest BCUT2D eigenvalue weighted by Gasteiger charge is -2.14. The maximum atomic E-state index is 12.1. The van der Waals surface area contributed by atoms with Crippen LogP contribution >= 0.6 is 11.8 Å². The van der Waals surface area contributed by atoms with Crippen molar-refractivity contribution in [3.63, 3.8) is 0 Å². The first kappa shape index (κ1) is 19.5. The fourth-order valence-corrected chi connectivity index (χ4v) is 3.49. The largest absolute Gasteiger partial charge is 0.550 e. The molecule has 8 heteroatoms. The summed E-state index contributed by atoms with van der Waals surface area (Å²) in [6.07, 6.45) is 3.63. The van der Waals surface area contributed by atoms with Crippen LogP contribution in [0.3, 0.4) is 0 Å². The van der Waals surface area contributed by atoms with E-state index in [4.69, 9.17) is 0 Å². The highest BCUT2D eigenvalue weighted by Gasteiger charge is 2.38. The number of rotatable bonds is 11. The van der Waals surface area contributed by atoms with Gasteiger partial charge in [0.05, 0.1) is 5.25 Å². The van der Waals surface area contributed by atoms with Crippen molar-refractivity contribution in [1.29, 1.82) is 0 Å². The summed E-state index contributed by atoms with van der Waals surface area (Å²) < 4.78 is 0. The van der Waals surface area contributed by atoms with Crippen LogP contribution in [-0.4, -0.2) is 53.2 Å². The van der Waals surface area contributed by atoms with Gasteiger partial charge in [0.15, 0.2) is 0 Å². The number of likely N-dealkylation sites (tertiary alicyclic amines) is 1. The number of carboxylic acids is 1. The Labute approximate surface area is 140 Å². The quantitative estimate of drug-likeness (QED) is 0.407. The van der Waals surface area contributed by atoms with Crippen LogP contribution in [0.25, 0.3) is 0 Å². The maximum absolute atomic E-state index is 12.1. The molecule has 1 unspecified atom stereocenters. The molecule has 0 radical (unpaired) electrons. The number of hydrogen-bond acceptors (Lipinski definition) is 6. The molecule has 0 aromatic heterocycles. The summed E-state index contributed by atoms with van der Waals surface area (Å²) >= 11 is 1.46. The number of nitrogens with one attached hydrogen (secondary N) is 1. The third kappa shape index (κ3) is 7.02. The molecule has 1 atom stereocenters. The van der Waals surface area contributed by atoms with Gasteiger partial charge in [0.1, 0.15) is 0 Å². The van der Waals surface area contributed by atoms with Crippen molar-refractivity contribution < 1.29 is 24.3 Å². The van der Waals surface area contributed by atoms with Crippen molar-refractivity contribution in [3.05, 3.63) is 0 Å². The van der Waals surface area contributed by atoms with Crippen molar-refractivity contribution in [2.75, 3.05) is 19.3 Å². The van der Waals surface area contributed by atoms with Gasteiger partial charge in [0.25, 0.3) is 0 Å². The Balaban J connectivity index is 2.20. The molecule has 0 saturated carbocycles. The number of carbonyl (C=O) groups excluding carboxylic acids is 4. The number of carbonyl (C=O) groups is 4. The number of amides is 3. The van der Waals surface area contributed by atoms with Crippen LogP contribution in [-0.2, 0) is 19.2 Å². The second-order valence-electron chi connectivity index (χ2n) is 5.41. The van der Waals surface area contributed by atoms with E-state index in [-0.39, 0.29) is 48.8 Å². The van der Waals surface area contributed by atoms with Crippen LogP contribution in [0.1, 0.15) is 44.9 Å². The summed E-state index contributed by atoms with van der Waals surface area (Å²) in [5.74, 6) is -0.881. The van der Waals surface area contributed by atoms with Gasteiger partial charge in [-0.1, -0.05) is 12.8 Å². The maximum Gasteiger partial charge on any atom is 0.242 e. The molecule has 1 aliphatic heterocycles. The van der Waals surface area contributed by atoms with Crippen LogP contribution < -0.4 is 10.4 Å². The minimum absolute atomic E-state index is 0.0864. The van der Waals surface area contributed by atoms with Crippen LogP contribution in [0, 0.1) is 0 Å². The number of carboxylic acid groups (broad SMARTS) is 1. The van der Waals surface area contributed by atoms with Gasteiger partial charge in [0, 0.05) is 32.4 Å². The highest BCUT2D eigenvalue weighted by Crippen LogP contribution is 2.26. The molecule has 0 aromatic rings. The van der Waals surface area contributed by atoms with E-state index in [0.29, 0.717) is 6.42 Å². The minimum Gasteiger partial charge on any atom is -0.550 e. The fraction of sp³-hybridized carbons (Fsp3) is 0.733. The predicted molar refractivity (Wildman–Crippen MR) is 84.4 cm³/mol. The summed E-state index contributed by atoms with van der Waals surface area (Å²) in [5.41, 5.74) is 0. The van der Waals surface area contributed by atoms with Gasteiger partial charge in [-0.15, -0.1) is 11.8 Å². The van der Waals surface area contributed by atoms with E-state index >= 15 is 0 Å². The Kier molecular flexibility index (Phi) is 8.68. The lowest BCUT2D eigenvalue weighted by atomic mass is 10.2. The molecular weight excluding hydrogens is 320 g/mol. The van der Waals surface area contributed by atoms with Crippen molar-refractivity contribution in [1.82, 2.24) is 10.2 Å². The highest BCUT2D eigenvalue weighted by molar-refractivity contribution is 8.00. The first-order valence-electron chi connectivity index (χ1n) is 7.82. The van der Waals surface area contributed by atoms with Gasteiger partial charge in [-0.2, -0.15) is 0 Å². The van der Waals surface area contributed by atoms with Gasteiger partial charge in [-0.3, -0.25) is 19.3 Å². The molecule has 1 heterocycles. The predicted octanol–water partition coefficient (Wildman–Crippen LogP) is -0.316. The topological polar surface area (TPSA) is 107 Å². The number of nitrogens with zero attached hydrogens (tertiary/aromatic N) is 1. The Morgan fingerprint density at radius 1 is 1.22 bits per heavy atom. The Hall–Kier alpha value is -1.57. The molecular formula is C15H23N2O5S-. The van der Waals surface area contributed by atoms with Crippen molar-refractivity contribution in [2.24, 2.45) is 0 Å². The van der Waals surface area contributed by atoms with E-state index in [1.165, 1.54) is 23.7 Å². The number of thioether (sulfide) groups is 1. The Morgan fingerprint density at radius 3 is 2.57 bits per heavy atom. The smallest absolute Gasteiger partial charge is 0.242 e. The average molecular weight is 343 g/mol. The van der Waals surface area contributed by atoms with E-state index in [0.717, 1.165) is 25.0 Å². The summed E-state index contributed by atoms with van der Waals surface area (Å²) in [4.78, 5) is 46.6. The Morgan fingerprint density at radius 2 is 1.91 bits per heavy atom. The summed E-state index contributed by atoms with van der Waals surface area (Å²) in [5, 5.41) is 12.4. The zero-order chi connectivity index (χ0) is 17.2. The average Bonchev–Trinajstić information content (AvgIpc) is 2.77. The monoisotopic (exact) mass is 343 g/mol. The minimum atomic E-state index is -1.02. The summed E-state index contributed by atoms with van der Waals surface area (Å²) in [6, 6.07) is 0. The molecule has 1 N–H and O–H groups in total. The third-order valence-electron chi connectivity index (χ3n) is 3.64. The first-order chi connectivity index (χ1) is 11.0. The molecule has 1 aliphatic rings. The Bertz CT molecular complexity index is 455. The zero-order valence-electron chi connectivity index (χ0n) is 13.3. The summed E-state index contributed by atoms with van der Waals surface area (Å²) in [6.45, 7) is 0.137.